The van der Waals surface area contributed by atoms with Crippen LogP contribution in [0.5, 0.6) is 5.75 Å². The van der Waals surface area contributed by atoms with Crippen LogP contribution in [0.3, 0.4) is 0 Å². The van der Waals surface area contributed by atoms with Gasteiger partial charge in [-0.15, -0.1) is 0 Å². The van der Waals surface area contributed by atoms with Crippen molar-refractivity contribution in [3.8, 4) is 5.75 Å². The summed E-state index contributed by atoms with van der Waals surface area (Å²) in [5, 5.41) is 2.67. The van der Waals surface area contributed by atoms with Crippen LogP contribution < -0.4 is 10.1 Å². The van der Waals surface area contributed by atoms with Gasteiger partial charge in [0.1, 0.15) is 11.5 Å². The third-order valence-electron chi connectivity index (χ3n) is 5.26. The lowest BCUT2D eigenvalue weighted by molar-refractivity contribution is -0.137. The van der Waals surface area contributed by atoms with E-state index in [1.165, 1.54) is 26.4 Å². The van der Waals surface area contributed by atoms with Crippen LogP contribution in [-0.4, -0.2) is 28.4 Å². The van der Waals surface area contributed by atoms with E-state index in [2.05, 4.69) is 10.3 Å². The Bertz CT molecular complexity index is 1360. The first kappa shape index (κ1) is 23.1. The van der Waals surface area contributed by atoms with Crippen molar-refractivity contribution in [2.45, 2.75) is 26.1 Å². The summed E-state index contributed by atoms with van der Waals surface area (Å²) in [6.45, 7) is 1.56. The van der Waals surface area contributed by atoms with Gasteiger partial charge in [0, 0.05) is 11.1 Å². The first-order valence-corrected chi connectivity index (χ1v) is 10.2. The molecule has 0 atom stereocenters. The van der Waals surface area contributed by atoms with Crippen molar-refractivity contribution < 1.29 is 31.9 Å². The molecule has 34 heavy (non-hydrogen) atoms. The average Bonchev–Trinajstić information content (AvgIpc) is 3.41. The Morgan fingerprint density at radius 2 is 1.94 bits per heavy atom. The van der Waals surface area contributed by atoms with Gasteiger partial charge in [-0.25, -0.2) is 4.98 Å². The second-order valence-electron chi connectivity index (χ2n) is 7.61. The van der Waals surface area contributed by atoms with E-state index in [9.17, 15) is 22.8 Å². The van der Waals surface area contributed by atoms with E-state index in [1.54, 1.807) is 34.9 Å². The van der Waals surface area contributed by atoms with E-state index in [1.807, 2.05) is 0 Å². The van der Waals surface area contributed by atoms with E-state index >= 15 is 0 Å². The number of alkyl halides is 3. The molecule has 0 bridgehead atoms. The molecular weight excluding hydrogens is 451 g/mol. The lowest BCUT2D eigenvalue weighted by atomic mass is 10.0. The fourth-order valence-electron chi connectivity index (χ4n) is 3.60. The number of rotatable bonds is 7. The number of Topliss-reactive ketones (excluding diaryl/α,β-unsaturated/α-hetero) is 1. The maximum Gasteiger partial charge on any atom is 0.416 e. The molecule has 7 nitrogen and oxygen atoms in total. The number of fused-ring (bicyclic) bond motifs is 1. The van der Waals surface area contributed by atoms with Crippen molar-refractivity contribution in [1.29, 1.82) is 0 Å². The molecular formula is C24H20F3N3O4. The molecule has 0 aliphatic carbocycles. The summed E-state index contributed by atoms with van der Waals surface area (Å²) < 4.78 is 51.8. The number of hydrogen-bond acceptors (Lipinski definition) is 5. The number of furan rings is 1. The van der Waals surface area contributed by atoms with Gasteiger partial charge in [-0.1, -0.05) is 0 Å². The summed E-state index contributed by atoms with van der Waals surface area (Å²) in [5.41, 5.74) is 0.545. The molecule has 0 saturated carbocycles. The summed E-state index contributed by atoms with van der Waals surface area (Å²) in [4.78, 5) is 28.8. The van der Waals surface area contributed by atoms with E-state index in [0.29, 0.717) is 28.2 Å². The van der Waals surface area contributed by atoms with Crippen LogP contribution >= 0.6 is 0 Å². The van der Waals surface area contributed by atoms with Gasteiger partial charge in [-0.2, -0.15) is 13.2 Å². The molecule has 0 saturated heterocycles. The highest BCUT2D eigenvalue weighted by Crippen LogP contribution is 2.32. The molecule has 0 aliphatic heterocycles. The van der Waals surface area contributed by atoms with Gasteiger partial charge in [0.25, 0.3) is 0 Å². The molecule has 10 heteroatoms. The Labute approximate surface area is 192 Å². The number of ether oxygens (including phenoxy) is 1. The number of anilines is 1. The number of methoxy groups -OCH3 is 1. The van der Waals surface area contributed by atoms with Gasteiger partial charge >= 0.3 is 6.18 Å². The molecule has 4 aromatic rings. The minimum Gasteiger partial charge on any atom is -0.496 e. The molecule has 176 valence electrons. The Morgan fingerprint density at radius 1 is 1.15 bits per heavy atom. The van der Waals surface area contributed by atoms with Crippen molar-refractivity contribution in [2.24, 2.45) is 0 Å². The molecule has 2 aromatic carbocycles. The molecule has 2 heterocycles. The lowest BCUT2D eigenvalue weighted by Gasteiger charge is -2.12. The second-order valence-corrected chi connectivity index (χ2v) is 7.61. The van der Waals surface area contributed by atoms with Crippen LogP contribution in [0.25, 0.3) is 11.0 Å². The fourth-order valence-corrected chi connectivity index (χ4v) is 3.60. The second kappa shape index (κ2) is 9.05. The van der Waals surface area contributed by atoms with Gasteiger partial charge in [0.2, 0.25) is 11.9 Å². The molecule has 0 radical (unpaired) electrons. The highest BCUT2D eigenvalue weighted by molar-refractivity contribution is 5.96. The van der Waals surface area contributed by atoms with Crippen LogP contribution in [0.15, 0.2) is 59.2 Å². The summed E-state index contributed by atoms with van der Waals surface area (Å²) in [6, 6.07) is 11.4. The Balaban J connectivity index is 1.68. The summed E-state index contributed by atoms with van der Waals surface area (Å²) in [6.07, 6.45) is -3.19. The predicted molar refractivity (Wildman–Crippen MR) is 118 cm³/mol. The molecule has 0 spiro atoms. The van der Waals surface area contributed by atoms with Gasteiger partial charge in [0.05, 0.1) is 42.9 Å². The van der Waals surface area contributed by atoms with Crippen molar-refractivity contribution in [3.63, 3.8) is 0 Å². The normalized spacial score (nSPS) is 11.6. The summed E-state index contributed by atoms with van der Waals surface area (Å²) >= 11 is 0. The minimum atomic E-state index is -4.53. The van der Waals surface area contributed by atoms with E-state index < -0.39 is 17.6 Å². The van der Waals surface area contributed by atoms with Crippen molar-refractivity contribution in [3.05, 3.63) is 77.2 Å². The highest BCUT2D eigenvalue weighted by Gasteiger charge is 2.31. The number of imidazole rings is 1. The van der Waals surface area contributed by atoms with Crippen LogP contribution in [0.4, 0.5) is 19.1 Å². The number of halogens is 3. The Hall–Kier alpha value is -4.08. The van der Waals surface area contributed by atoms with Crippen molar-refractivity contribution >= 4 is 28.7 Å². The number of carbonyl (C=O) groups is 2. The lowest BCUT2D eigenvalue weighted by Crippen LogP contribution is -2.18. The molecule has 1 amide bonds. The van der Waals surface area contributed by atoms with Gasteiger partial charge in [0.15, 0.2) is 5.78 Å². The molecule has 1 N–H and O–H groups in total. The summed E-state index contributed by atoms with van der Waals surface area (Å²) in [7, 11) is 1.45. The van der Waals surface area contributed by atoms with Crippen LogP contribution in [0.1, 0.15) is 34.2 Å². The SMILES string of the molecule is COc1ccc(C(C)=O)cc1CC(=O)Nc1nc2cc(C(F)(F)F)ccc2n1Cc1ccco1. The van der Waals surface area contributed by atoms with Crippen molar-refractivity contribution in [2.75, 3.05) is 12.4 Å². The quantitative estimate of drug-likeness (QED) is 0.380. The topological polar surface area (TPSA) is 86.4 Å². The number of nitrogens with zero attached hydrogens (tertiary/aromatic N) is 2. The number of amides is 1. The van der Waals surface area contributed by atoms with Crippen LogP contribution in [0.2, 0.25) is 0 Å². The maximum absolute atomic E-state index is 13.2. The standard InChI is InChI=1S/C24H20F3N3O4/c1-14(31)15-5-8-21(33-2)16(10-15)11-22(32)29-23-28-19-12-17(24(25,26)27)6-7-20(19)30(23)13-18-4-3-9-34-18/h3-10,12H,11,13H2,1-2H3,(H,28,29,32). The van der Waals surface area contributed by atoms with E-state index in [0.717, 1.165) is 12.1 Å². The van der Waals surface area contributed by atoms with Gasteiger partial charge < -0.3 is 13.7 Å². The number of benzene rings is 2. The molecule has 0 fully saturated rings. The monoisotopic (exact) mass is 471 g/mol. The third-order valence-corrected chi connectivity index (χ3v) is 5.26. The third kappa shape index (κ3) is 4.80. The number of hydrogen-bond donors (Lipinski definition) is 1. The first-order chi connectivity index (χ1) is 16.2. The van der Waals surface area contributed by atoms with Gasteiger partial charge in [-0.3, -0.25) is 14.9 Å². The highest BCUT2D eigenvalue weighted by atomic mass is 19.4. The largest absolute Gasteiger partial charge is 0.496 e. The number of ketones is 1. The zero-order chi connectivity index (χ0) is 24.5. The number of nitrogens with one attached hydrogen (secondary N) is 1. The van der Waals surface area contributed by atoms with Gasteiger partial charge in [-0.05, 0) is 55.5 Å². The number of carbonyl (C=O) groups excluding carboxylic acids is 2. The molecule has 0 aliphatic rings. The van der Waals surface area contributed by atoms with E-state index in [-0.39, 0.29) is 30.2 Å². The molecule has 2 aromatic heterocycles. The predicted octanol–water partition coefficient (Wildman–Crippen LogP) is 5.09. The zero-order valence-electron chi connectivity index (χ0n) is 18.3. The first-order valence-electron chi connectivity index (χ1n) is 10.2. The maximum atomic E-state index is 13.2. The fraction of sp³-hybridized carbons (Fsp3) is 0.208. The van der Waals surface area contributed by atoms with Crippen LogP contribution in [0, 0.1) is 0 Å². The smallest absolute Gasteiger partial charge is 0.416 e. The Morgan fingerprint density at radius 3 is 2.59 bits per heavy atom. The molecule has 0 unspecified atom stereocenters. The molecule has 4 rings (SSSR count). The van der Waals surface area contributed by atoms with E-state index in [4.69, 9.17) is 9.15 Å². The van der Waals surface area contributed by atoms with Crippen LogP contribution in [-0.2, 0) is 23.9 Å². The zero-order valence-corrected chi connectivity index (χ0v) is 18.3. The summed E-state index contributed by atoms with van der Waals surface area (Å²) in [5.74, 6) is 0.387. The Kier molecular flexibility index (Phi) is 6.14. The minimum absolute atomic E-state index is 0.0670. The van der Waals surface area contributed by atoms with Crippen molar-refractivity contribution in [1.82, 2.24) is 9.55 Å². The average molecular weight is 471 g/mol. The number of aromatic nitrogens is 2.